The third-order valence-electron chi connectivity index (χ3n) is 4.64. The molecule has 0 bridgehead atoms. The van der Waals surface area contributed by atoms with Crippen molar-refractivity contribution >= 4 is 12.0 Å². The van der Waals surface area contributed by atoms with E-state index in [1.807, 2.05) is 11.8 Å². The predicted molar refractivity (Wildman–Crippen MR) is 75.5 cm³/mol. The van der Waals surface area contributed by atoms with Crippen LogP contribution >= 0.6 is 0 Å². The second-order valence-corrected chi connectivity index (χ2v) is 6.03. The zero-order chi connectivity index (χ0) is 14.9. The molecule has 0 saturated carbocycles. The van der Waals surface area contributed by atoms with Gasteiger partial charge < -0.3 is 14.9 Å². The Labute approximate surface area is 120 Å². The smallest absolute Gasteiger partial charge is 0.320 e. The van der Waals surface area contributed by atoms with Crippen LogP contribution < -0.4 is 0 Å². The molecule has 0 spiro atoms. The van der Waals surface area contributed by atoms with E-state index in [0.717, 1.165) is 26.2 Å². The van der Waals surface area contributed by atoms with Gasteiger partial charge in [0, 0.05) is 38.8 Å². The number of carboxylic acids is 1. The lowest BCUT2D eigenvalue weighted by Crippen LogP contribution is -2.56. The van der Waals surface area contributed by atoms with Crippen LogP contribution in [0.4, 0.5) is 4.79 Å². The molecule has 2 fully saturated rings. The van der Waals surface area contributed by atoms with Crippen molar-refractivity contribution in [1.29, 1.82) is 0 Å². The van der Waals surface area contributed by atoms with E-state index in [0.29, 0.717) is 19.1 Å². The molecule has 20 heavy (non-hydrogen) atoms. The number of piperazine rings is 1. The topological polar surface area (TPSA) is 64.1 Å². The van der Waals surface area contributed by atoms with E-state index in [1.54, 1.807) is 4.90 Å². The molecular weight excluding hydrogens is 258 g/mol. The number of hydrogen-bond donors (Lipinski definition) is 1. The number of rotatable bonds is 2. The summed E-state index contributed by atoms with van der Waals surface area (Å²) < 4.78 is 0. The molecule has 0 radical (unpaired) electrons. The van der Waals surface area contributed by atoms with Gasteiger partial charge in [-0.25, -0.2) is 4.79 Å². The van der Waals surface area contributed by atoms with Gasteiger partial charge in [0.15, 0.2) is 0 Å². The predicted octanol–water partition coefficient (Wildman–Crippen LogP) is 0.785. The number of likely N-dealkylation sites (N-methyl/N-ethyl adjacent to an activating group) is 1. The van der Waals surface area contributed by atoms with Gasteiger partial charge in [0.25, 0.3) is 0 Å². The standard InChI is InChI=1S/C14H25N3O3/c1-4-15-5-6-16(8-11(15)3)14(20)17-7-10(2)12(9-17)13(18)19/h10-12H,4-9H2,1-3H3,(H,18,19). The van der Waals surface area contributed by atoms with E-state index in [1.165, 1.54) is 0 Å². The quantitative estimate of drug-likeness (QED) is 0.813. The fourth-order valence-electron chi connectivity index (χ4n) is 3.28. The minimum absolute atomic E-state index is 0.00297. The Morgan fingerprint density at radius 3 is 2.30 bits per heavy atom. The normalized spacial score (nSPS) is 31.6. The maximum atomic E-state index is 12.5. The third kappa shape index (κ3) is 2.90. The van der Waals surface area contributed by atoms with Gasteiger partial charge in [-0.05, 0) is 19.4 Å². The summed E-state index contributed by atoms with van der Waals surface area (Å²) in [4.78, 5) is 29.6. The second kappa shape index (κ2) is 5.99. The molecule has 2 rings (SSSR count). The number of carboxylic acid groups (broad SMARTS) is 1. The molecule has 0 aromatic heterocycles. The van der Waals surface area contributed by atoms with Crippen molar-refractivity contribution in [3.8, 4) is 0 Å². The zero-order valence-electron chi connectivity index (χ0n) is 12.6. The van der Waals surface area contributed by atoms with E-state index >= 15 is 0 Å². The Kier molecular flexibility index (Phi) is 4.52. The summed E-state index contributed by atoms with van der Waals surface area (Å²) in [5.41, 5.74) is 0. The summed E-state index contributed by atoms with van der Waals surface area (Å²) >= 11 is 0. The van der Waals surface area contributed by atoms with Crippen molar-refractivity contribution in [1.82, 2.24) is 14.7 Å². The molecule has 3 unspecified atom stereocenters. The number of nitrogens with zero attached hydrogens (tertiary/aromatic N) is 3. The molecule has 0 aromatic rings. The molecule has 2 aliphatic rings. The summed E-state index contributed by atoms with van der Waals surface area (Å²) in [6.07, 6.45) is 0. The van der Waals surface area contributed by atoms with Crippen molar-refractivity contribution in [2.75, 3.05) is 39.3 Å². The van der Waals surface area contributed by atoms with Crippen LogP contribution in [-0.2, 0) is 4.79 Å². The number of likely N-dealkylation sites (tertiary alicyclic amines) is 1. The molecule has 6 nitrogen and oxygen atoms in total. The highest BCUT2D eigenvalue weighted by molar-refractivity contribution is 5.78. The Morgan fingerprint density at radius 2 is 1.80 bits per heavy atom. The van der Waals surface area contributed by atoms with Crippen molar-refractivity contribution in [3.63, 3.8) is 0 Å². The number of carbonyl (C=O) groups is 2. The van der Waals surface area contributed by atoms with E-state index in [2.05, 4.69) is 18.7 Å². The molecule has 2 amide bonds. The summed E-state index contributed by atoms with van der Waals surface area (Å²) in [6, 6.07) is 0.371. The fourth-order valence-corrected chi connectivity index (χ4v) is 3.28. The molecule has 2 saturated heterocycles. The molecule has 3 atom stereocenters. The molecular formula is C14H25N3O3. The van der Waals surface area contributed by atoms with Crippen LogP contribution in [0.25, 0.3) is 0 Å². The lowest BCUT2D eigenvalue weighted by atomic mass is 9.99. The largest absolute Gasteiger partial charge is 0.481 e. The van der Waals surface area contributed by atoms with E-state index in [9.17, 15) is 9.59 Å². The first-order chi connectivity index (χ1) is 9.43. The number of amides is 2. The van der Waals surface area contributed by atoms with Crippen LogP contribution in [0.5, 0.6) is 0 Å². The monoisotopic (exact) mass is 283 g/mol. The van der Waals surface area contributed by atoms with E-state index in [-0.39, 0.29) is 11.9 Å². The minimum Gasteiger partial charge on any atom is -0.481 e. The third-order valence-corrected chi connectivity index (χ3v) is 4.64. The number of hydrogen-bond acceptors (Lipinski definition) is 3. The first-order valence-electron chi connectivity index (χ1n) is 7.44. The summed E-state index contributed by atoms with van der Waals surface area (Å²) in [7, 11) is 0. The van der Waals surface area contributed by atoms with Crippen LogP contribution in [0.2, 0.25) is 0 Å². The molecule has 114 valence electrons. The second-order valence-electron chi connectivity index (χ2n) is 6.03. The minimum atomic E-state index is -0.794. The van der Waals surface area contributed by atoms with E-state index < -0.39 is 11.9 Å². The molecule has 0 aliphatic carbocycles. The SMILES string of the molecule is CCN1CCN(C(=O)N2CC(C)C(C(=O)O)C2)CC1C. The first kappa shape index (κ1) is 15.1. The van der Waals surface area contributed by atoms with Gasteiger partial charge in [-0.1, -0.05) is 13.8 Å². The van der Waals surface area contributed by atoms with Crippen molar-refractivity contribution in [3.05, 3.63) is 0 Å². The van der Waals surface area contributed by atoms with Crippen molar-refractivity contribution in [2.24, 2.45) is 11.8 Å². The number of aliphatic carboxylic acids is 1. The van der Waals surface area contributed by atoms with Gasteiger partial charge in [-0.2, -0.15) is 0 Å². The van der Waals surface area contributed by atoms with Crippen LogP contribution in [0.3, 0.4) is 0 Å². The van der Waals surface area contributed by atoms with Crippen LogP contribution in [0.15, 0.2) is 0 Å². The average Bonchev–Trinajstić information content (AvgIpc) is 2.80. The fraction of sp³-hybridized carbons (Fsp3) is 0.857. The van der Waals surface area contributed by atoms with Crippen LogP contribution in [-0.4, -0.2) is 77.1 Å². The van der Waals surface area contributed by atoms with Gasteiger partial charge in [0.1, 0.15) is 0 Å². The Hall–Kier alpha value is -1.30. The van der Waals surface area contributed by atoms with Crippen LogP contribution in [0.1, 0.15) is 20.8 Å². The highest BCUT2D eigenvalue weighted by Gasteiger charge is 2.39. The summed E-state index contributed by atoms with van der Waals surface area (Å²) in [5.74, 6) is -1.18. The van der Waals surface area contributed by atoms with Gasteiger partial charge >= 0.3 is 12.0 Å². The van der Waals surface area contributed by atoms with Gasteiger partial charge in [0.2, 0.25) is 0 Å². The van der Waals surface area contributed by atoms with Crippen molar-refractivity contribution in [2.45, 2.75) is 26.8 Å². The summed E-state index contributed by atoms with van der Waals surface area (Å²) in [6.45, 7) is 10.4. The first-order valence-corrected chi connectivity index (χ1v) is 7.44. The van der Waals surface area contributed by atoms with Gasteiger partial charge in [-0.15, -0.1) is 0 Å². The highest BCUT2D eigenvalue weighted by atomic mass is 16.4. The molecule has 0 aromatic carbocycles. The molecule has 1 N–H and O–H groups in total. The zero-order valence-corrected chi connectivity index (χ0v) is 12.6. The highest BCUT2D eigenvalue weighted by Crippen LogP contribution is 2.24. The summed E-state index contributed by atoms with van der Waals surface area (Å²) in [5, 5.41) is 9.14. The maximum absolute atomic E-state index is 12.5. The molecule has 2 heterocycles. The molecule has 2 aliphatic heterocycles. The van der Waals surface area contributed by atoms with Crippen molar-refractivity contribution < 1.29 is 14.7 Å². The van der Waals surface area contributed by atoms with Crippen LogP contribution in [0, 0.1) is 11.8 Å². The average molecular weight is 283 g/mol. The Morgan fingerprint density at radius 1 is 1.10 bits per heavy atom. The Bertz CT molecular complexity index is 388. The molecule has 6 heteroatoms. The maximum Gasteiger partial charge on any atom is 0.320 e. The van der Waals surface area contributed by atoms with Gasteiger partial charge in [0.05, 0.1) is 5.92 Å². The van der Waals surface area contributed by atoms with Gasteiger partial charge in [-0.3, -0.25) is 9.69 Å². The number of urea groups is 1. The Balaban J connectivity index is 1.94. The lowest BCUT2D eigenvalue weighted by molar-refractivity contribution is -0.142. The number of carbonyl (C=O) groups excluding carboxylic acids is 1. The lowest BCUT2D eigenvalue weighted by Gasteiger charge is -2.40. The van der Waals surface area contributed by atoms with E-state index in [4.69, 9.17) is 5.11 Å².